The predicted octanol–water partition coefficient (Wildman–Crippen LogP) is 1.91. The summed E-state index contributed by atoms with van der Waals surface area (Å²) in [4.78, 5) is 4.73. The fourth-order valence-electron chi connectivity index (χ4n) is 1.83. The van der Waals surface area contributed by atoms with E-state index in [9.17, 15) is 0 Å². The molecule has 5 nitrogen and oxygen atoms in total. The van der Waals surface area contributed by atoms with Crippen LogP contribution in [0, 0.1) is 0 Å². The Morgan fingerprint density at radius 1 is 1.19 bits per heavy atom. The first kappa shape index (κ1) is 15.6. The molecule has 0 saturated carbocycles. The number of fused-ring (bicyclic) bond motifs is 1. The van der Waals surface area contributed by atoms with Gasteiger partial charge in [0.15, 0.2) is 0 Å². The van der Waals surface area contributed by atoms with Gasteiger partial charge >= 0.3 is 0 Å². The Balaban J connectivity index is 2.06. The van der Waals surface area contributed by atoms with Crippen molar-refractivity contribution in [2.75, 3.05) is 33.5 Å². The highest BCUT2D eigenvalue weighted by Crippen LogP contribution is 2.22. The third kappa shape index (κ3) is 4.35. The zero-order valence-corrected chi connectivity index (χ0v) is 12.7. The Hall–Kier alpha value is -1.76. The Morgan fingerprint density at radius 2 is 1.95 bits per heavy atom. The first-order chi connectivity index (χ1) is 10.2. The molecule has 0 aliphatic heterocycles. The van der Waals surface area contributed by atoms with Crippen molar-refractivity contribution >= 4 is 28.1 Å². The van der Waals surface area contributed by atoms with Crippen LogP contribution >= 0.6 is 12.2 Å². The average Bonchev–Trinajstić information content (AvgIpc) is 2.49. The third-order valence-corrected chi connectivity index (χ3v) is 3.07. The molecule has 0 radical (unpaired) electrons. The SMILES string of the molecule is COCCOCCOc1nc2ccccc2cc1C(N)=S. The van der Waals surface area contributed by atoms with Crippen molar-refractivity contribution in [2.24, 2.45) is 5.73 Å². The second kappa shape index (κ2) is 7.87. The molecule has 1 aromatic heterocycles. The minimum atomic E-state index is 0.267. The van der Waals surface area contributed by atoms with Crippen molar-refractivity contribution in [1.82, 2.24) is 4.98 Å². The smallest absolute Gasteiger partial charge is 0.224 e. The van der Waals surface area contributed by atoms with Gasteiger partial charge in [-0.3, -0.25) is 0 Å². The first-order valence-electron chi connectivity index (χ1n) is 6.61. The van der Waals surface area contributed by atoms with Gasteiger partial charge in [-0.25, -0.2) is 4.98 Å². The van der Waals surface area contributed by atoms with Crippen LogP contribution in [0.15, 0.2) is 30.3 Å². The Morgan fingerprint density at radius 3 is 2.71 bits per heavy atom. The Labute approximate surface area is 129 Å². The van der Waals surface area contributed by atoms with E-state index in [0.29, 0.717) is 37.9 Å². The zero-order chi connectivity index (χ0) is 15.1. The van der Waals surface area contributed by atoms with E-state index in [0.717, 1.165) is 10.9 Å². The molecule has 0 fully saturated rings. The standard InChI is InChI=1S/C15H18N2O3S/c1-18-6-7-19-8-9-20-15-12(14(16)21)10-11-4-2-3-5-13(11)17-15/h2-5,10H,6-9H2,1H3,(H2,16,21). The second-order valence-corrected chi connectivity index (χ2v) is 4.79. The van der Waals surface area contributed by atoms with E-state index in [1.807, 2.05) is 30.3 Å². The summed E-state index contributed by atoms with van der Waals surface area (Å²) in [6, 6.07) is 9.64. The fourth-order valence-corrected chi connectivity index (χ4v) is 1.97. The number of rotatable bonds is 8. The molecule has 0 aliphatic rings. The van der Waals surface area contributed by atoms with E-state index in [-0.39, 0.29) is 4.99 Å². The molecular formula is C15H18N2O3S. The number of pyridine rings is 1. The monoisotopic (exact) mass is 306 g/mol. The van der Waals surface area contributed by atoms with Crippen LogP contribution in [0.3, 0.4) is 0 Å². The van der Waals surface area contributed by atoms with Crippen LogP contribution in [-0.4, -0.2) is 43.5 Å². The number of nitrogens with two attached hydrogens (primary N) is 1. The van der Waals surface area contributed by atoms with Gasteiger partial charge in [-0.1, -0.05) is 30.4 Å². The lowest BCUT2D eigenvalue weighted by Crippen LogP contribution is -2.15. The van der Waals surface area contributed by atoms with Crippen molar-refractivity contribution in [3.8, 4) is 5.88 Å². The van der Waals surface area contributed by atoms with E-state index in [1.54, 1.807) is 7.11 Å². The number of ether oxygens (including phenoxy) is 3. The van der Waals surface area contributed by atoms with Crippen LogP contribution in [0.25, 0.3) is 10.9 Å². The summed E-state index contributed by atoms with van der Waals surface area (Å²) in [5.74, 6) is 0.441. The molecular weight excluding hydrogens is 288 g/mol. The Bertz CT molecular complexity index is 619. The molecule has 21 heavy (non-hydrogen) atoms. The summed E-state index contributed by atoms with van der Waals surface area (Å²) in [6.45, 7) is 1.93. The van der Waals surface area contributed by atoms with Crippen LogP contribution in [0.2, 0.25) is 0 Å². The first-order valence-corrected chi connectivity index (χ1v) is 7.02. The number of para-hydroxylation sites is 1. The highest BCUT2D eigenvalue weighted by molar-refractivity contribution is 7.80. The summed E-state index contributed by atoms with van der Waals surface area (Å²) < 4.78 is 15.9. The predicted molar refractivity (Wildman–Crippen MR) is 85.8 cm³/mol. The largest absolute Gasteiger partial charge is 0.475 e. The van der Waals surface area contributed by atoms with Crippen LogP contribution in [0.1, 0.15) is 5.56 Å². The van der Waals surface area contributed by atoms with E-state index >= 15 is 0 Å². The van der Waals surface area contributed by atoms with Crippen LogP contribution < -0.4 is 10.5 Å². The van der Waals surface area contributed by atoms with Gasteiger partial charge in [-0.15, -0.1) is 0 Å². The lowest BCUT2D eigenvalue weighted by atomic mass is 10.1. The van der Waals surface area contributed by atoms with Gasteiger partial charge < -0.3 is 19.9 Å². The molecule has 0 bridgehead atoms. The molecule has 2 rings (SSSR count). The molecule has 0 aliphatic carbocycles. The lowest BCUT2D eigenvalue weighted by Gasteiger charge is -2.11. The summed E-state index contributed by atoms with van der Waals surface area (Å²) in [5, 5.41) is 0.976. The zero-order valence-electron chi connectivity index (χ0n) is 11.9. The van der Waals surface area contributed by atoms with Crippen LogP contribution in [-0.2, 0) is 9.47 Å². The molecule has 2 N–H and O–H groups in total. The van der Waals surface area contributed by atoms with Crippen molar-refractivity contribution in [3.63, 3.8) is 0 Å². The fraction of sp³-hybridized carbons (Fsp3) is 0.333. The highest BCUT2D eigenvalue weighted by atomic mass is 32.1. The number of benzene rings is 1. The van der Waals surface area contributed by atoms with Crippen LogP contribution in [0.4, 0.5) is 0 Å². The van der Waals surface area contributed by atoms with Crippen LogP contribution in [0.5, 0.6) is 5.88 Å². The molecule has 0 spiro atoms. The molecule has 0 amide bonds. The van der Waals surface area contributed by atoms with Crippen molar-refractivity contribution in [1.29, 1.82) is 0 Å². The molecule has 112 valence electrons. The van der Waals surface area contributed by atoms with E-state index < -0.39 is 0 Å². The van der Waals surface area contributed by atoms with E-state index in [2.05, 4.69) is 4.98 Å². The van der Waals surface area contributed by atoms with Gasteiger partial charge in [0.1, 0.15) is 11.6 Å². The number of hydrogen-bond acceptors (Lipinski definition) is 5. The number of methoxy groups -OCH3 is 1. The van der Waals surface area contributed by atoms with Gasteiger partial charge in [-0.05, 0) is 12.1 Å². The van der Waals surface area contributed by atoms with Gasteiger partial charge in [0.2, 0.25) is 5.88 Å². The van der Waals surface area contributed by atoms with E-state index in [4.69, 9.17) is 32.2 Å². The molecule has 0 unspecified atom stereocenters. The van der Waals surface area contributed by atoms with Gasteiger partial charge in [0.05, 0.1) is 30.9 Å². The maximum absolute atomic E-state index is 5.74. The van der Waals surface area contributed by atoms with Gasteiger partial charge in [0, 0.05) is 12.5 Å². The van der Waals surface area contributed by atoms with Crippen molar-refractivity contribution < 1.29 is 14.2 Å². The number of hydrogen-bond donors (Lipinski definition) is 1. The highest BCUT2D eigenvalue weighted by Gasteiger charge is 2.10. The third-order valence-electron chi connectivity index (χ3n) is 2.85. The lowest BCUT2D eigenvalue weighted by molar-refractivity contribution is 0.0537. The summed E-state index contributed by atoms with van der Waals surface area (Å²) in [5.41, 5.74) is 7.22. The minimum absolute atomic E-state index is 0.267. The quantitative estimate of drug-likeness (QED) is 0.593. The topological polar surface area (TPSA) is 66.6 Å². The molecule has 6 heteroatoms. The molecule has 1 aromatic carbocycles. The normalized spacial score (nSPS) is 10.7. The number of nitrogens with zero attached hydrogens (tertiary/aromatic N) is 1. The number of aromatic nitrogens is 1. The minimum Gasteiger partial charge on any atom is -0.475 e. The molecule has 2 aromatic rings. The average molecular weight is 306 g/mol. The molecule has 0 saturated heterocycles. The van der Waals surface area contributed by atoms with Crippen molar-refractivity contribution in [2.45, 2.75) is 0 Å². The molecule has 0 atom stereocenters. The number of thiocarbonyl (C=S) groups is 1. The summed E-state index contributed by atoms with van der Waals surface area (Å²) in [7, 11) is 1.63. The van der Waals surface area contributed by atoms with Crippen molar-refractivity contribution in [3.05, 3.63) is 35.9 Å². The van der Waals surface area contributed by atoms with Gasteiger partial charge in [-0.2, -0.15) is 0 Å². The summed E-state index contributed by atoms with van der Waals surface area (Å²) in [6.07, 6.45) is 0. The molecule has 1 heterocycles. The van der Waals surface area contributed by atoms with Gasteiger partial charge in [0.25, 0.3) is 0 Å². The maximum atomic E-state index is 5.74. The maximum Gasteiger partial charge on any atom is 0.224 e. The van der Waals surface area contributed by atoms with E-state index in [1.165, 1.54) is 0 Å². The Kier molecular flexibility index (Phi) is 5.86. The second-order valence-electron chi connectivity index (χ2n) is 4.35. The summed E-state index contributed by atoms with van der Waals surface area (Å²) >= 11 is 5.06.